The van der Waals surface area contributed by atoms with Gasteiger partial charge in [-0.05, 0) is 12.1 Å². The second-order valence-corrected chi connectivity index (χ2v) is 1.88. The molecule has 0 saturated heterocycles. The lowest BCUT2D eigenvalue weighted by Crippen LogP contribution is -1.94. The highest BCUT2D eigenvalue weighted by Gasteiger charge is 2.04. The molecule has 1 aromatic carbocycles. The van der Waals surface area contributed by atoms with Gasteiger partial charge in [-0.2, -0.15) is 0 Å². The van der Waals surface area contributed by atoms with Crippen LogP contribution in [0.3, 0.4) is 0 Å². The Hall–Kier alpha value is -0.960. The number of hydrogen-bond acceptors (Lipinski definition) is 0. The van der Waals surface area contributed by atoms with Crippen molar-refractivity contribution in [2.75, 3.05) is 0 Å². The number of hydrogen-bond donors (Lipinski definition) is 0. The summed E-state index contributed by atoms with van der Waals surface area (Å²) in [6, 6.07) is 3.57. The standard InChI is InChI=1S/C7H6F2N/c8-6-2-1-3-7(9)5(6)4-10/h1-3,10H,4H2. The van der Waals surface area contributed by atoms with Gasteiger partial charge in [-0.1, -0.05) is 6.07 Å². The van der Waals surface area contributed by atoms with Crippen molar-refractivity contribution in [3.05, 3.63) is 35.4 Å². The minimum atomic E-state index is -0.644. The predicted octanol–water partition coefficient (Wildman–Crippen LogP) is 1.75. The summed E-state index contributed by atoms with van der Waals surface area (Å²) in [6.07, 6.45) is 0. The van der Waals surface area contributed by atoms with Crippen molar-refractivity contribution in [3.63, 3.8) is 0 Å². The van der Waals surface area contributed by atoms with E-state index in [1.54, 1.807) is 0 Å². The Balaban J connectivity index is 3.17. The molecule has 0 aliphatic carbocycles. The van der Waals surface area contributed by atoms with Crippen LogP contribution in [0.5, 0.6) is 0 Å². The first kappa shape index (κ1) is 7.15. The average molecular weight is 142 g/mol. The molecule has 3 heteroatoms. The molecule has 0 aromatic heterocycles. The van der Waals surface area contributed by atoms with Gasteiger partial charge in [-0.15, -0.1) is 0 Å². The largest absolute Gasteiger partial charge is 0.253 e. The van der Waals surface area contributed by atoms with Gasteiger partial charge in [0.05, 0.1) is 0 Å². The van der Waals surface area contributed by atoms with Crippen LogP contribution in [0.1, 0.15) is 5.56 Å². The van der Waals surface area contributed by atoms with E-state index in [4.69, 9.17) is 5.73 Å². The highest BCUT2D eigenvalue weighted by atomic mass is 19.1. The molecule has 0 unspecified atom stereocenters. The van der Waals surface area contributed by atoms with E-state index in [0.29, 0.717) is 0 Å². The molecule has 0 bridgehead atoms. The summed E-state index contributed by atoms with van der Waals surface area (Å²) < 4.78 is 25.0. The molecule has 1 rings (SSSR count). The molecular weight excluding hydrogens is 136 g/mol. The monoisotopic (exact) mass is 142 g/mol. The van der Waals surface area contributed by atoms with Crippen molar-refractivity contribution < 1.29 is 8.78 Å². The number of halogens is 2. The van der Waals surface area contributed by atoms with E-state index in [2.05, 4.69) is 0 Å². The maximum absolute atomic E-state index is 12.5. The Morgan fingerprint density at radius 3 is 2.00 bits per heavy atom. The van der Waals surface area contributed by atoms with Crippen molar-refractivity contribution in [2.45, 2.75) is 6.54 Å². The van der Waals surface area contributed by atoms with E-state index >= 15 is 0 Å². The normalized spacial score (nSPS) is 9.90. The van der Waals surface area contributed by atoms with E-state index in [9.17, 15) is 8.78 Å². The molecule has 1 radical (unpaired) electrons. The fourth-order valence-corrected chi connectivity index (χ4v) is 0.701. The average Bonchev–Trinajstić information content (AvgIpc) is 1.88. The molecule has 0 heterocycles. The van der Waals surface area contributed by atoms with Crippen LogP contribution in [0, 0.1) is 11.6 Å². The van der Waals surface area contributed by atoms with E-state index < -0.39 is 11.6 Å². The molecule has 1 N–H and O–H groups in total. The third-order valence-corrected chi connectivity index (χ3v) is 1.24. The Bertz CT molecular complexity index is 215. The first-order chi connectivity index (χ1) is 4.75. The van der Waals surface area contributed by atoms with Crippen LogP contribution >= 0.6 is 0 Å². The second-order valence-electron chi connectivity index (χ2n) is 1.88. The maximum Gasteiger partial charge on any atom is 0.130 e. The van der Waals surface area contributed by atoms with Gasteiger partial charge in [0.1, 0.15) is 11.6 Å². The third-order valence-electron chi connectivity index (χ3n) is 1.24. The molecule has 0 aliphatic heterocycles. The quantitative estimate of drug-likeness (QED) is 0.570. The maximum atomic E-state index is 12.5. The van der Waals surface area contributed by atoms with Crippen LogP contribution in [0.4, 0.5) is 8.78 Å². The lowest BCUT2D eigenvalue weighted by molar-refractivity contribution is 0.555. The minimum absolute atomic E-state index is 0.164. The first-order valence-electron chi connectivity index (χ1n) is 2.83. The molecule has 1 nitrogen and oxygen atoms in total. The van der Waals surface area contributed by atoms with E-state index in [-0.39, 0.29) is 12.1 Å². The highest BCUT2D eigenvalue weighted by molar-refractivity contribution is 5.18. The van der Waals surface area contributed by atoms with Crippen LogP contribution in [0.2, 0.25) is 0 Å². The van der Waals surface area contributed by atoms with Gasteiger partial charge in [0.25, 0.3) is 0 Å². The van der Waals surface area contributed by atoms with Crippen molar-refractivity contribution in [3.8, 4) is 0 Å². The number of rotatable bonds is 1. The molecule has 0 fully saturated rings. The molecule has 0 saturated carbocycles. The van der Waals surface area contributed by atoms with Crippen LogP contribution in [-0.2, 0) is 6.54 Å². The highest BCUT2D eigenvalue weighted by Crippen LogP contribution is 2.10. The third kappa shape index (κ3) is 1.14. The van der Waals surface area contributed by atoms with Gasteiger partial charge in [0.2, 0.25) is 0 Å². The van der Waals surface area contributed by atoms with Gasteiger partial charge < -0.3 is 0 Å². The van der Waals surface area contributed by atoms with Gasteiger partial charge in [0, 0.05) is 12.1 Å². The van der Waals surface area contributed by atoms with Gasteiger partial charge in [-0.25, -0.2) is 8.78 Å². The Morgan fingerprint density at radius 2 is 1.70 bits per heavy atom. The van der Waals surface area contributed by atoms with Crippen LogP contribution in [-0.4, -0.2) is 0 Å². The first-order valence-corrected chi connectivity index (χ1v) is 2.83. The van der Waals surface area contributed by atoms with Gasteiger partial charge in [-0.3, -0.25) is 5.73 Å². The SMILES string of the molecule is [NH]Cc1c(F)cccc1F. The summed E-state index contributed by atoms with van der Waals surface area (Å²) in [5.41, 5.74) is 6.58. The molecule has 10 heavy (non-hydrogen) atoms. The van der Waals surface area contributed by atoms with E-state index in [0.717, 1.165) is 12.1 Å². The number of nitrogens with one attached hydrogen (secondary N) is 1. The van der Waals surface area contributed by atoms with Crippen LogP contribution in [0.15, 0.2) is 18.2 Å². The molecule has 1 aromatic rings. The summed E-state index contributed by atoms with van der Waals surface area (Å²) in [6.45, 7) is -0.349. The molecule has 0 amide bonds. The molecule has 53 valence electrons. The Labute approximate surface area is 57.5 Å². The summed E-state index contributed by atoms with van der Waals surface area (Å²) in [5.74, 6) is -1.29. The van der Waals surface area contributed by atoms with E-state index in [1.807, 2.05) is 0 Å². The minimum Gasteiger partial charge on any atom is -0.253 e. The van der Waals surface area contributed by atoms with Crippen molar-refractivity contribution in [2.24, 2.45) is 0 Å². The van der Waals surface area contributed by atoms with Crippen molar-refractivity contribution >= 4 is 0 Å². The van der Waals surface area contributed by atoms with Crippen molar-refractivity contribution in [1.29, 1.82) is 0 Å². The molecule has 0 atom stereocenters. The van der Waals surface area contributed by atoms with E-state index in [1.165, 1.54) is 6.07 Å². The van der Waals surface area contributed by atoms with Crippen LogP contribution in [0.25, 0.3) is 0 Å². The lowest BCUT2D eigenvalue weighted by atomic mass is 10.2. The van der Waals surface area contributed by atoms with Gasteiger partial charge >= 0.3 is 0 Å². The topological polar surface area (TPSA) is 23.8 Å². The zero-order valence-corrected chi connectivity index (χ0v) is 5.20. The van der Waals surface area contributed by atoms with Crippen LogP contribution < -0.4 is 5.73 Å². The second kappa shape index (κ2) is 2.75. The predicted molar refractivity (Wildman–Crippen MR) is 33.2 cm³/mol. The summed E-state index contributed by atoms with van der Waals surface area (Å²) in [5, 5.41) is 0. The zero-order valence-electron chi connectivity index (χ0n) is 5.20. The Kier molecular flexibility index (Phi) is 1.97. The molecule has 0 spiro atoms. The number of benzene rings is 1. The fourth-order valence-electron chi connectivity index (χ4n) is 0.701. The summed E-state index contributed by atoms with van der Waals surface area (Å²) in [7, 11) is 0. The molecule has 0 aliphatic rings. The smallest absolute Gasteiger partial charge is 0.130 e. The Morgan fingerprint density at radius 1 is 1.20 bits per heavy atom. The van der Waals surface area contributed by atoms with Crippen molar-refractivity contribution in [1.82, 2.24) is 5.73 Å². The molecular formula is C7H6F2N. The van der Waals surface area contributed by atoms with Gasteiger partial charge in [0.15, 0.2) is 0 Å². The summed E-state index contributed by atoms with van der Waals surface area (Å²) in [4.78, 5) is 0. The lowest BCUT2D eigenvalue weighted by Gasteiger charge is -1.97. The fraction of sp³-hybridized carbons (Fsp3) is 0.143. The summed E-state index contributed by atoms with van der Waals surface area (Å²) >= 11 is 0. The zero-order chi connectivity index (χ0) is 7.56.